The van der Waals surface area contributed by atoms with Gasteiger partial charge in [-0.25, -0.2) is 0 Å². The first kappa shape index (κ1) is 11.8. The van der Waals surface area contributed by atoms with Crippen LogP contribution in [0.5, 0.6) is 0 Å². The van der Waals surface area contributed by atoms with Gasteiger partial charge in [0.05, 0.1) is 21.6 Å². The summed E-state index contributed by atoms with van der Waals surface area (Å²) < 4.78 is 5.48. The molecule has 0 atom stereocenters. The molecule has 0 amide bonds. The summed E-state index contributed by atoms with van der Waals surface area (Å²) in [5, 5.41) is 1.35. The molecule has 0 saturated heterocycles. The normalized spacial score (nSPS) is 10.8. The predicted octanol–water partition coefficient (Wildman–Crippen LogP) is 4.37. The minimum absolute atomic E-state index is 0.346. The van der Waals surface area contributed by atoms with Gasteiger partial charge in [0.2, 0.25) is 0 Å². The SMILES string of the molecule is NCc1ccc(-c2cc(Cl)c(Cl)cc2Cl)o1. The summed E-state index contributed by atoms with van der Waals surface area (Å²) in [6, 6.07) is 6.86. The van der Waals surface area contributed by atoms with Crippen LogP contribution in [0.1, 0.15) is 5.76 Å². The lowest BCUT2D eigenvalue weighted by Crippen LogP contribution is -1.92. The molecule has 0 unspecified atom stereocenters. The third kappa shape index (κ3) is 2.20. The summed E-state index contributed by atoms with van der Waals surface area (Å²) >= 11 is 17.8. The number of halogens is 3. The maximum atomic E-state index is 6.05. The second-order valence-corrected chi connectivity index (χ2v) is 4.44. The van der Waals surface area contributed by atoms with Crippen LogP contribution in [-0.4, -0.2) is 0 Å². The van der Waals surface area contributed by atoms with Gasteiger partial charge in [0.25, 0.3) is 0 Å². The Morgan fingerprint density at radius 1 is 1.00 bits per heavy atom. The van der Waals surface area contributed by atoms with E-state index in [1.165, 1.54) is 0 Å². The summed E-state index contributed by atoms with van der Waals surface area (Å²) in [5.41, 5.74) is 6.16. The number of benzene rings is 1. The fraction of sp³-hybridized carbons (Fsp3) is 0.0909. The molecule has 0 bridgehead atoms. The highest BCUT2D eigenvalue weighted by Crippen LogP contribution is 2.35. The van der Waals surface area contributed by atoms with Crippen molar-refractivity contribution in [2.24, 2.45) is 5.73 Å². The molecule has 2 N–H and O–H groups in total. The van der Waals surface area contributed by atoms with Crippen LogP contribution >= 0.6 is 34.8 Å². The maximum absolute atomic E-state index is 6.05. The fourth-order valence-electron chi connectivity index (χ4n) is 1.34. The second-order valence-electron chi connectivity index (χ2n) is 3.22. The molecular formula is C11H8Cl3NO. The van der Waals surface area contributed by atoms with E-state index in [0.29, 0.717) is 38.7 Å². The molecule has 2 aromatic rings. The van der Waals surface area contributed by atoms with Gasteiger partial charge in [0.1, 0.15) is 11.5 Å². The number of rotatable bonds is 2. The molecule has 0 aliphatic carbocycles. The predicted molar refractivity (Wildman–Crippen MR) is 67.1 cm³/mol. The minimum atomic E-state index is 0.346. The van der Waals surface area contributed by atoms with Crippen LogP contribution in [0.15, 0.2) is 28.7 Å². The van der Waals surface area contributed by atoms with Gasteiger partial charge in [-0.15, -0.1) is 0 Å². The van der Waals surface area contributed by atoms with Gasteiger partial charge >= 0.3 is 0 Å². The van der Waals surface area contributed by atoms with Crippen LogP contribution in [0.25, 0.3) is 11.3 Å². The number of furan rings is 1. The largest absolute Gasteiger partial charge is 0.460 e. The average molecular weight is 277 g/mol. The Morgan fingerprint density at radius 2 is 1.69 bits per heavy atom. The van der Waals surface area contributed by atoms with Gasteiger partial charge in [0, 0.05) is 5.56 Å². The Kier molecular flexibility index (Phi) is 3.45. The molecule has 0 spiro atoms. The summed E-state index contributed by atoms with van der Waals surface area (Å²) in [5.74, 6) is 1.32. The second kappa shape index (κ2) is 4.68. The molecule has 0 fully saturated rings. The van der Waals surface area contributed by atoms with Crippen molar-refractivity contribution in [3.05, 3.63) is 45.1 Å². The Labute approximate surface area is 108 Å². The van der Waals surface area contributed by atoms with E-state index in [4.69, 9.17) is 45.0 Å². The molecule has 84 valence electrons. The Bertz CT molecular complexity index is 522. The van der Waals surface area contributed by atoms with Crippen molar-refractivity contribution in [1.29, 1.82) is 0 Å². The zero-order valence-corrected chi connectivity index (χ0v) is 10.4. The highest BCUT2D eigenvalue weighted by Gasteiger charge is 2.11. The molecule has 2 rings (SSSR count). The molecule has 5 heteroatoms. The quantitative estimate of drug-likeness (QED) is 0.828. The first-order valence-corrected chi connectivity index (χ1v) is 5.69. The highest BCUT2D eigenvalue weighted by molar-refractivity contribution is 6.44. The third-order valence-corrected chi connectivity index (χ3v) is 3.17. The van der Waals surface area contributed by atoms with Crippen molar-refractivity contribution >= 4 is 34.8 Å². The van der Waals surface area contributed by atoms with E-state index >= 15 is 0 Å². The molecule has 1 heterocycles. The first-order valence-electron chi connectivity index (χ1n) is 4.55. The highest BCUT2D eigenvalue weighted by atomic mass is 35.5. The zero-order valence-electron chi connectivity index (χ0n) is 8.14. The van der Waals surface area contributed by atoms with Crippen molar-refractivity contribution in [3.63, 3.8) is 0 Å². The van der Waals surface area contributed by atoms with Crippen molar-refractivity contribution in [1.82, 2.24) is 0 Å². The molecule has 2 nitrogen and oxygen atoms in total. The van der Waals surface area contributed by atoms with Gasteiger partial charge in [-0.2, -0.15) is 0 Å². The van der Waals surface area contributed by atoms with Crippen LogP contribution in [0.2, 0.25) is 15.1 Å². The molecule has 1 aromatic carbocycles. The van der Waals surface area contributed by atoms with Crippen LogP contribution in [-0.2, 0) is 6.54 Å². The molecule has 0 radical (unpaired) electrons. The molecule has 0 aliphatic heterocycles. The van der Waals surface area contributed by atoms with Crippen molar-refractivity contribution < 1.29 is 4.42 Å². The van der Waals surface area contributed by atoms with Crippen LogP contribution in [0.4, 0.5) is 0 Å². The molecular weight excluding hydrogens is 268 g/mol. The van der Waals surface area contributed by atoms with E-state index in [9.17, 15) is 0 Å². The Balaban J connectivity index is 2.51. The molecule has 0 saturated carbocycles. The average Bonchev–Trinajstić information content (AvgIpc) is 2.71. The minimum Gasteiger partial charge on any atom is -0.460 e. The number of hydrogen-bond donors (Lipinski definition) is 1. The van der Waals surface area contributed by atoms with Gasteiger partial charge in [-0.05, 0) is 24.3 Å². The van der Waals surface area contributed by atoms with Gasteiger partial charge in [-0.1, -0.05) is 34.8 Å². The monoisotopic (exact) mass is 275 g/mol. The van der Waals surface area contributed by atoms with Crippen LogP contribution in [0.3, 0.4) is 0 Å². The molecule has 1 aromatic heterocycles. The van der Waals surface area contributed by atoms with E-state index < -0.39 is 0 Å². The topological polar surface area (TPSA) is 39.2 Å². The van der Waals surface area contributed by atoms with E-state index in [2.05, 4.69) is 0 Å². The Morgan fingerprint density at radius 3 is 2.31 bits per heavy atom. The number of hydrogen-bond acceptors (Lipinski definition) is 2. The summed E-state index contributed by atoms with van der Waals surface area (Å²) in [7, 11) is 0. The maximum Gasteiger partial charge on any atom is 0.135 e. The van der Waals surface area contributed by atoms with Gasteiger partial charge in [-0.3, -0.25) is 0 Å². The zero-order chi connectivity index (χ0) is 11.7. The van der Waals surface area contributed by atoms with E-state index in [-0.39, 0.29) is 0 Å². The van der Waals surface area contributed by atoms with E-state index in [0.717, 1.165) is 0 Å². The van der Waals surface area contributed by atoms with Crippen molar-refractivity contribution in [3.8, 4) is 11.3 Å². The van der Waals surface area contributed by atoms with Crippen molar-refractivity contribution in [2.75, 3.05) is 0 Å². The van der Waals surface area contributed by atoms with Gasteiger partial charge in [0.15, 0.2) is 0 Å². The summed E-state index contributed by atoms with van der Waals surface area (Å²) in [4.78, 5) is 0. The van der Waals surface area contributed by atoms with E-state index in [1.54, 1.807) is 24.3 Å². The molecule has 16 heavy (non-hydrogen) atoms. The molecule has 0 aliphatic rings. The lowest BCUT2D eigenvalue weighted by Gasteiger charge is -2.03. The summed E-state index contributed by atoms with van der Waals surface area (Å²) in [6.45, 7) is 0.346. The lowest BCUT2D eigenvalue weighted by molar-refractivity contribution is 0.525. The van der Waals surface area contributed by atoms with Crippen molar-refractivity contribution in [2.45, 2.75) is 6.54 Å². The summed E-state index contributed by atoms with van der Waals surface area (Å²) in [6.07, 6.45) is 0. The first-order chi connectivity index (χ1) is 7.61. The third-order valence-electron chi connectivity index (χ3n) is 2.14. The van der Waals surface area contributed by atoms with Gasteiger partial charge < -0.3 is 10.2 Å². The standard InChI is InChI=1S/C11H8Cl3NO/c12-8-4-10(14)9(13)3-7(8)11-2-1-6(5-15)16-11/h1-4H,5,15H2. The van der Waals surface area contributed by atoms with E-state index in [1.807, 2.05) is 0 Å². The number of nitrogens with two attached hydrogens (primary N) is 1. The fourth-order valence-corrected chi connectivity index (χ4v) is 1.98. The van der Waals surface area contributed by atoms with Crippen LogP contribution in [0, 0.1) is 0 Å². The van der Waals surface area contributed by atoms with Crippen LogP contribution < -0.4 is 5.73 Å². The smallest absolute Gasteiger partial charge is 0.135 e. The Hall–Kier alpha value is -0.670. The lowest BCUT2D eigenvalue weighted by atomic mass is 10.2.